The van der Waals surface area contributed by atoms with E-state index in [0.717, 1.165) is 44.3 Å². The highest BCUT2D eigenvalue weighted by Gasteiger charge is 2.45. The smallest absolute Gasteiger partial charge is 0.276 e. The number of hydrogen-bond donors (Lipinski definition) is 0. The first-order valence-electron chi connectivity index (χ1n) is 9.15. The van der Waals surface area contributed by atoms with E-state index in [-0.39, 0.29) is 24.1 Å². The third-order valence-electron chi connectivity index (χ3n) is 5.58. The highest BCUT2D eigenvalue weighted by atomic mass is 16.5. The second kappa shape index (κ2) is 5.86. The van der Waals surface area contributed by atoms with Crippen LogP contribution < -0.4 is 4.74 Å². The van der Waals surface area contributed by atoms with E-state index in [1.54, 1.807) is 6.20 Å². The molecule has 0 radical (unpaired) electrons. The van der Waals surface area contributed by atoms with Gasteiger partial charge in [0, 0.05) is 49.2 Å². The topological polar surface area (TPSA) is 68.5 Å². The fraction of sp³-hybridized carbons (Fsp3) is 0.526. The molecule has 5 rings (SSSR count). The summed E-state index contributed by atoms with van der Waals surface area (Å²) in [7, 11) is 0. The first kappa shape index (κ1) is 14.9. The van der Waals surface area contributed by atoms with Gasteiger partial charge in [-0.1, -0.05) is 11.2 Å². The minimum absolute atomic E-state index is 0.0134. The van der Waals surface area contributed by atoms with E-state index < -0.39 is 0 Å². The van der Waals surface area contributed by atoms with Crippen LogP contribution in [0.3, 0.4) is 0 Å². The number of carbonyl (C=O) groups is 1. The molecule has 0 N–H and O–H groups in total. The lowest BCUT2D eigenvalue weighted by Crippen LogP contribution is -2.49. The maximum absolute atomic E-state index is 12.9. The third kappa shape index (κ3) is 2.79. The molecule has 0 spiro atoms. The zero-order valence-corrected chi connectivity index (χ0v) is 14.0. The van der Waals surface area contributed by atoms with Crippen molar-refractivity contribution in [2.45, 2.75) is 62.6 Å². The zero-order valence-electron chi connectivity index (χ0n) is 14.0. The van der Waals surface area contributed by atoms with Gasteiger partial charge >= 0.3 is 0 Å². The molecule has 2 aromatic rings. The van der Waals surface area contributed by atoms with E-state index in [9.17, 15) is 4.79 Å². The van der Waals surface area contributed by atoms with E-state index in [1.807, 2.05) is 29.2 Å². The van der Waals surface area contributed by atoms with Crippen molar-refractivity contribution in [3.63, 3.8) is 0 Å². The maximum Gasteiger partial charge on any atom is 0.276 e. The predicted octanol–water partition coefficient (Wildman–Crippen LogP) is 3.16. The van der Waals surface area contributed by atoms with Gasteiger partial charge in [-0.15, -0.1) is 0 Å². The van der Waals surface area contributed by atoms with Crippen molar-refractivity contribution in [3.8, 4) is 5.88 Å². The number of rotatable bonds is 4. The first-order chi connectivity index (χ1) is 12.3. The summed E-state index contributed by atoms with van der Waals surface area (Å²) in [4.78, 5) is 19.2. The monoisotopic (exact) mass is 339 g/mol. The number of aromatic nitrogens is 2. The van der Waals surface area contributed by atoms with Crippen molar-refractivity contribution >= 4 is 5.91 Å². The average Bonchev–Trinajstić information content (AvgIpc) is 3.30. The molecule has 3 fully saturated rings. The molecule has 25 heavy (non-hydrogen) atoms. The van der Waals surface area contributed by atoms with E-state index in [4.69, 9.17) is 9.26 Å². The van der Waals surface area contributed by atoms with Crippen LogP contribution in [-0.4, -0.2) is 39.1 Å². The zero-order chi connectivity index (χ0) is 16.8. The molecule has 2 saturated heterocycles. The molecule has 1 aliphatic carbocycles. The van der Waals surface area contributed by atoms with Gasteiger partial charge < -0.3 is 14.2 Å². The number of piperidine rings is 1. The Hall–Kier alpha value is -2.37. The minimum Gasteiger partial charge on any atom is -0.474 e. The highest BCUT2D eigenvalue weighted by molar-refractivity contribution is 5.93. The summed E-state index contributed by atoms with van der Waals surface area (Å²) in [6, 6.07) is 7.98. The molecule has 2 unspecified atom stereocenters. The van der Waals surface area contributed by atoms with Crippen molar-refractivity contribution in [1.29, 1.82) is 0 Å². The minimum atomic E-state index is 0.0134. The van der Waals surface area contributed by atoms with Crippen LogP contribution >= 0.6 is 0 Å². The van der Waals surface area contributed by atoms with Crippen molar-refractivity contribution in [2.24, 2.45) is 0 Å². The van der Waals surface area contributed by atoms with Gasteiger partial charge in [-0.05, 0) is 31.7 Å². The molecule has 1 amide bonds. The molecule has 2 atom stereocenters. The lowest BCUT2D eigenvalue weighted by Gasteiger charge is -2.38. The molecule has 130 valence electrons. The average molecular weight is 339 g/mol. The summed E-state index contributed by atoms with van der Waals surface area (Å²) in [6.07, 6.45) is 7.92. The number of amides is 1. The number of fused-ring (bicyclic) bond motifs is 2. The Morgan fingerprint density at radius 3 is 2.64 bits per heavy atom. The standard InChI is InChI=1S/C19H21N3O3/c23-19(16-11-17(25-21-16)12-4-5-12)22-13-6-7-14(22)10-15(9-13)24-18-3-1-2-8-20-18/h1-3,8,11-15H,4-7,9-10H2. The molecule has 2 bridgehead atoms. The quantitative estimate of drug-likeness (QED) is 0.856. The van der Waals surface area contributed by atoms with Gasteiger partial charge in [-0.25, -0.2) is 4.98 Å². The van der Waals surface area contributed by atoms with Gasteiger partial charge in [0.25, 0.3) is 5.91 Å². The van der Waals surface area contributed by atoms with Crippen LogP contribution in [0.4, 0.5) is 0 Å². The van der Waals surface area contributed by atoms with E-state index >= 15 is 0 Å². The Labute approximate surface area is 146 Å². The summed E-state index contributed by atoms with van der Waals surface area (Å²) in [5, 5.41) is 4.03. The molecule has 3 aliphatic rings. The summed E-state index contributed by atoms with van der Waals surface area (Å²) < 4.78 is 11.4. The molecule has 6 nitrogen and oxygen atoms in total. The first-order valence-corrected chi connectivity index (χ1v) is 9.15. The molecule has 2 aliphatic heterocycles. The van der Waals surface area contributed by atoms with Crippen molar-refractivity contribution < 1.29 is 14.1 Å². The Morgan fingerprint density at radius 2 is 1.96 bits per heavy atom. The second-order valence-electron chi connectivity index (χ2n) is 7.37. The summed E-state index contributed by atoms with van der Waals surface area (Å²) in [6.45, 7) is 0. The van der Waals surface area contributed by atoms with Crippen molar-refractivity contribution in [3.05, 3.63) is 41.9 Å². The molecular weight excluding hydrogens is 318 g/mol. The Bertz CT molecular complexity index is 757. The van der Waals surface area contributed by atoms with Crippen LogP contribution in [0.15, 0.2) is 35.0 Å². The fourth-order valence-corrected chi connectivity index (χ4v) is 4.23. The van der Waals surface area contributed by atoms with Crippen molar-refractivity contribution in [1.82, 2.24) is 15.0 Å². The third-order valence-corrected chi connectivity index (χ3v) is 5.58. The molecule has 6 heteroatoms. The lowest BCUT2D eigenvalue weighted by molar-refractivity contribution is 0.0340. The van der Waals surface area contributed by atoms with Gasteiger partial charge in [0.1, 0.15) is 11.9 Å². The predicted molar refractivity (Wildman–Crippen MR) is 89.3 cm³/mol. The lowest BCUT2D eigenvalue weighted by atomic mass is 9.99. The Kier molecular flexibility index (Phi) is 3.50. The van der Waals surface area contributed by atoms with Gasteiger partial charge in [0.15, 0.2) is 5.69 Å². The maximum atomic E-state index is 12.9. The molecule has 1 saturated carbocycles. The van der Waals surface area contributed by atoms with Crippen LogP contribution in [-0.2, 0) is 0 Å². The van der Waals surface area contributed by atoms with Crippen LogP contribution in [0.25, 0.3) is 0 Å². The Morgan fingerprint density at radius 1 is 1.16 bits per heavy atom. The van der Waals surface area contributed by atoms with E-state index in [2.05, 4.69) is 10.1 Å². The summed E-state index contributed by atoms with van der Waals surface area (Å²) in [5.74, 6) is 2.02. The SMILES string of the molecule is O=C(c1cc(C2CC2)on1)N1C2CCC1CC(Oc1ccccn1)C2. The second-order valence-corrected chi connectivity index (χ2v) is 7.37. The summed E-state index contributed by atoms with van der Waals surface area (Å²) in [5.41, 5.74) is 0.461. The van der Waals surface area contributed by atoms with E-state index in [1.165, 1.54) is 0 Å². The van der Waals surface area contributed by atoms with Gasteiger partial charge in [0.05, 0.1) is 0 Å². The van der Waals surface area contributed by atoms with Crippen LogP contribution in [0.2, 0.25) is 0 Å². The molecule has 0 aromatic carbocycles. The van der Waals surface area contributed by atoms with E-state index in [0.29, 0.717) is 17.5 Å². The Balaban J connectivity index is 1.29. The number of nitrogens with zero attached hydrogens (tertiary/aromatic N) is 3. The number of pyridine rings is 1. The van der Waals surface area contributed by atoms with Gasteiger partial charge in [0.2, 0.25) is 5.88 Å². The summed E-state index contributed by atoms with van der Waals surface area (Å²) >= 11 is 0. The molecule has 2 aromatic heterocycles. The van der Waals surface area contributed by atoms with Crippen LogP contribution in [0, 0.1) is 0 Å². The van der Waals surface area contributed by atoms with Crippen molar-refractivity contribution in [2.75, 3.05) is 0 Å². The van der Waals surface area contributed by atoms with Gasteiger partial charge in [-0.3, -0.25) is 4.79 Å². The molecular formula is C19H21N3O3. The fourth-order valence-electron chi connectivity index (χ4n) is 4.23. The number of hydrogen-bond acceptors (Lipinski definition) is 5. The number of ether oxygens (including phenoxy) is 1. The largest absolute Gasteiger partial charge is 0.474 e. The van der Waals surface area contributed by atoms with Crippen LogP contribution in [0.1, 0.15) is 60.7 Å². The molecule has 4 heterocycles. The normalized spacial score (nSPS) is 28.2. The number of carbonyl (C=O) groups excluding carboxylic acids is 1. The van der Waals surface area contributed by atoms with Crippen LogP contribution in [0.5, 0.6) is 5.88 Å². The van der Waals surface area contributed by atoms with Gasteiger partial charge in [-0.2, -0.15) is 0 Å². The highest BCUT2D eigenvalue weighted by Crippen LogP contribution is 2.41.